The van der Waals surface area contributed by atoms with Crippen molar-refractivity contribution in [3.05, 3.63) is 91.0 Å². The highest BCUT2D eigenvalue weighted by molar-refractivity contribution is 7.99. The van der Waals surface area contributed by atoms with E-state index in [9.17, 15) is 4.79 Å². The van der Waals surface area contributed by atoms with E-state index in [4.69, 9.17) is 4.98 Å². The lowest BCUT2D eigenvalue weighted by atomic mass is 9.96. The fourth-order valence-electron chi connectivity index (χ4n) is 3.83. The average Bonchev–Trinajstić information content (AvgIpc) is 3.26. The minimum Gasteiger partial charge on any atom is -0.356 e. The zero-order valence-corrected chi connectivity index (χ0v) is 21.5. The molecule has 0 radical (unpaired) electrons. The van der Waals surface area contributed by atoms with Crippen molar-refractivity contribution < 1.29 is 4.79 Å². The number of benzene rings is 3. The first-order chi connectivity index (χ1) is 16.9. The van der Waals surface area contributed by atoms with Crippen LogP contribution in [0.15, 0.2) is 96.2 Å². The van der Waals surface area contributed by atoms with Crippen molar-refractivity contribution in [3.63, 3.8) is 0 Å². The van der Waals surface area contributed by atoms with E-state index >= 15 is 0 Å². The van der Waals surface area contributed by atoms with Crippen LogP contribution in [0.1, 0.15) is 33.6 Å². The first kappa shape index (κ1) is 24.8. The molecule has 0 unspecified atom stereocenters. The van der Waals surface area contributed by atoms with Gasteiger partial charge in [-0.25, -0.2) is 4.98 Å². The van der Waals surface area contributed by atoms with Gasteiger partial charge in [0, 0.05) is 34.5 Å². The maximum Gasteiger partial charge on any atom is 0.225 e. The molecule has 1 amide bonds. The fourth-order valence-corrected chi connectivity index (χ4v) is 4.84. The van der Waals surface area contributed by atoms with Crippen LogP contribution in [0.4, 0.5) is 0 Å². The van der Waals surface area contributed by atoms with Crippen LogP contribution >= 0.6 is 11.8 Å². The Morgan fingerprint density at radius 3 is 2.00 bits per heavy atom. The molecule has 1 aromatic heterocycles. The van der Waals surface area contributed by atoms with Gasteiger partial charge in [0.05, 0.1) is 11.4 Å². The molecule has 0 spiro atoms. The Kier molecular flexibility index (Phi) is 8.09. The van der Waals surface area contributed by atoms with Crippen molar-refractivity contribution in [3.8, 4) is 28.2 Å². The number of amides is 1. The summed E-state index contributed by atoms with van der Waals surface area (Å²) in [4.78, 5) is 17.3. The van der Waals surface area contributed by atoms with E-state index in [0.717, 1.165) is 52.0 Å². The van der Waals surface area contributed by atoms with Crippen molar-refractivity contribution in [2.24, 2.45) is 5.41 Å². The lowest BCUT2D eigenvalue weighted by Gasteiger charge is -2.17. The molecule has 0 aliphatic carbocycles. The highest BCUT2D eigenvalue weighted by Crippen LogP contribution is 2.38. The molecule has 180 valence electrons. The minimum atomic E-state index is -0.350. The topological polar surface area (TPSA) is 46.9 Å². The molecule has 4 nitrogen and oxygen atoms in total. The molecule has 0 saturated carbocycles. The van der Waals surface area contributed by atoms with Gasteiger partial charge in [0.2, 0.25) is 5.91 Å². The van der Waals surface area contributed by atoms with Crippen molar-refractivity contribution in [2.45, 2.75) is 38.8 Å². The van der Waals surface area contributed by atoms with Gasteiger partial charge in [-0.1, -0.05) is 111 Å². The molecule has 1 heterocycles. The Labute approximate surface area is 212 Å². The molecule has 1 N–H and O–H groups in total. The Balaban J connectivity index is 1.62. The zero-order chi connectivity index (χ0) is 24.7. The summed E-state index contributed by atoms with van der Waals surface area (Å²) in [6.07, 6.45) is 1.94. The van der Waals surface area contributed by atoms with Crippen LogP contribution in [0.3, 0.4) is 0 Å². The molecular formula is C30H33N3OS. The molecule has 0 aliphatic heterocycles. The number of aromatic nitrogens is 2. The molecule has 4 aromatic rings. The number of thioether (sulfide) groups is 1. The normalized spacial score (nSPS) is 11.4. The summed E-state index contributed by atoms with van der Waals surface area (Å²) in [7, 11) is 0. The third-order valence-corrected chi connectivity index (χ3v) is 6.75. The lowest BCUT2D eigenvalue weighted by Crippen LogP contribution is -2.35. The van der Waals surface area contributed by atoms with E-state index in [1.54, 1.807) is 11.8 Å². The van der Waals surface area contributed by atoms with Gasteiger partial charge in [0.1, 0.15) is 0 Å². The zero-order valence-electron chi connectivity index (χ0n) is 20.7. The summed E-state index contributed by atoms with van der Waals surface area (Å²) in [5.41, 5.74) is 5.08. The molecule has 0 saturated heterocycles. The van der Waals surface area contributed by atoms with Crippen LogP contribution in [-0.4, -0.2) is 27.8 Å². The number of para-hydroxylation sites is 1. The second-order valence-corrected chi connectivity index (χ2v) is 10.6. The molecule has 0 aliphatic rings. The monoisotopic (exact) mass is 483 g/mol. The van der Waals surface area contributed by atoms with Gasteiger partial charge in [-0.05, 0) is 25.0 Å². The molecule has 35 heavy (non-hydrogen) atoms. The molecule has 4 rings (SSSR count). The number of nitrogens with zero attached hydrogens (tertiary/aromatic N) is 2. The smallest absolute Gasteiger partial charge is 0.225 e. The van der Waals surface area contributed by atoms with Crippen LogP contribution in [0.25, 0.3) is 28.2 Å². The van der Waals surface area contributed by atoms with E-state index < -0.39 is 0 Å². The predicted molar refractivity (Wildman–Crippen MR) is 147 cm³/mol. The van der Waals surface area contributed by atoms with Gasteiger partial charge in [0.15, 0.2) is 5.16 Å². The van der Waals surface area contributed by atoms with E-state index in [1.165, 1.54) is 0 Å². The summed E-state index contributed by atoms with van der Waals surface area (Å²) in [6, 6.07) is 31.3. The van der Waals surface area contributed by atoms with Gasteiger partial charge in [-0.2, -0.15) is 0 Å². The number of imidazole rings is 1. The maximum absolute atomic E-state index is 12.1. The number of hydrogen-bond donors (Lipinski definition) is 1. The molecule has 3 aromatic carbocycles. The minimum absolute atomic E-state index is 0.102. The number of unbranched alkanes of at least 4 members (excludes halogenated alkanes) is 1. The van der Waals surface area contributed by atoms with Crippen LogP contribution in [-0.2, 0) is 4.79 Å². The van der Waals surface area contributed by atoms with E-state index in [0.29, 0.717) is 6.54 Å². The Hall–Kier alpha value is -3.31. The molecule has 0 bridgehead atoms. The first-order valence-electron chi connectivity index (χ1n) is 12.2. The maximum atomic E-state index is 12.1. The Bertz CT molecular complexity index is 1230. The Morgan fingerprint density at radius 1 is 0.829 bits per heavy atom. The first-order valence-corrected chi connectivity index (χ1v) is 13.1. The average molecular weight is 484 g/mol. The lowest BCUT2D eigenvalue weighted by molar-refractivity contribution is -0.128. The second kappa shape index (κ2) is 11.4. The van der Waals surface area contributed by atoms with Crippen molar-refractivity contribution >= 4 is 17.7 Å². The largest absolute Gasteiger partial charge is 0.356 e. The molecule has 0 atom stereocenters. The second-order valence-electron chi connectivity index (χ2n) is 9.56. The number of hydrogen-bond acceptors (Lipinski definition) is 3. The number of rotatable bonds is 9. The third-order valence-electron chi connectivity index (χ3n) is 5.72. The van der Waals surface area contributed by atoms with Gasteiger partial charge in [-0.15, -0.1) is 0 Å². The van der Waals surface area contributed by atoms with Gasteiger partial charge < -0.3 is 5.32 Å². The van der Waals surface area contributed by atoms with Crippen LogP contribution in [0.5, 0.6) is 0 Å². The summed E-state index contributed by atoms with van der Waals surface area (Å²) in [5.74, 6) is 1.03. The van der Waals surface area contributed by atoms with Crippen molar-refractivity contribution in [1.29, 1.82) is 0 Å². The van der Waals surface area contributed by atoms with Crippen LogP contribution < -0.4 is 5.32 Å². The van der Waals surface area contributed by atoms with E-state index in [1.807, 2.05) is 39.0 Å². The summed E-state index contributed by atoms with van der Waals surface area (Å²) < 4.78 is 2.28. The predicted octanol–water partition coefficient (Wildman–Crippen LogP) is 7.24. The molecule has 0 fully saturated rings. The highest BCUT2D eigenvalue weighted by atomic mass is 32.2. The summed E-state index contributed by atoms with van der Waals surface area (Å²) in [5, 5.41) is 4.03. The van der Waals surface area contributed by atoms with Crippen molar-refractivity contribution in [1.82, 2.24) is 14.9 Å². The van der Waals surface area contributed by atoms with E-state index in [2.05, 4.69) is 82.7 Å². The molecule has 5 heteroatoms. The number of nitrogens with one attached hydrogen (secondary N) is 1. The number of carbonyl (C=O) groups excluding carboxylic acids is 1. The fraction of sp³-hybridized carbons (Fsp3) is 0.267. The van der Waals surface area contributed by atoms with Crippen molar-refractivity contribution in [2.75, 3.05) is 12.3 Å². The third kappa shape index (κ3) is 6.23. The standard InChI is InChI=1S/C30H33N3OS/c1-30(2,3)28(34)31-21-13-14-22-35-29-32-26(23-15-7-4-8-16-23)27(24-17-9-5-10-18-24)33(29)25-19-11-6-12-20-25/h4-12,15-20H,13-14,21-22H2,1-3H3,(H,31,34). The van der Waals surface area contributed by atoms with Gasteiger partial charge >= 0.3 is 0 Å². The summed E-state index contributed by atoms with van der Waals surface area (Å²) >= 11 is 1.77. The quantitative estimate of drug-likeness (QED) is 0.202. The summed E-state index contributed by atoms with van der Waals surface area (Å²) in [6.45, 7) is 6.52. The van der Waals surface area contributed by atoms with Crippen LogP contribution in [0.2, 0.25) is 0 Å². The highest BCUT2D eigenvalue weighted by Gasteiger charge is 2.22. The van der Waals surface area contributed by atoms with Crippen LogP contribution in [0, 0.1) is 5.41 Å². The van der Waals surface area contributed by atoms with E-state index in [-0.39, 0.29) is 11.3 Å². The Morgan fingerprint density at radius 2 is 1.40 bits per heavy atom. The van der Waals surface area contributed by atoms with Gasteiger partial charge in [0.25, 0.3) is 0 Å². The SMILES string of the molecule is CC(C)(C)C(=O)NCCCCSc1nc(-c2ccccc2)c(-c2ccccc2)n1-c1ccccc1. The van der Waals surface area contributed by atoms with Gasteiger partial charge in [-0.3, -0.25) is 9.36 Å². The molecular weight excluding hydrogens is 450 g/mol. The number of carbonyl (C=O) groups is 1.